The highest BCUT2D eigenvalue weighted by molar-refractivity contribution is 5.85. The Bertz CT molecular complexity index is 953. The normalized spacial score (nSPS) is 17.4. The molecule has 5 nitrogen and oxygen atoms in total. The van der Waals surface area contributed by atoms with E-state index in [9.17, 15) is 0 Å². The van der Waals surface area contributed by atoms with Crippen LogP contribution in [0.15, 0.2) is 59.9 Å². The van der Waals surface area contributed by atoms with Crippen molar-refractivity contribution in [2.24, 2.45) is 12.0 Å². The molecule has 4 rings (SSSR count). The number of guanidine groups is 1. The molecular weight excluding hydrogens is 346 g/mol. The Morgan fingerprint density at radius 2 is 2.07 bits per heavy atom. The molecular formula is C23H29N5. The van der Waals surface area contributed by atoms with Gasteiger partial charge in [-0.05, 0) is 41.7 Å². The fraction of sp³-hybridized carbons (Fsp3) is 0.391. The van der Waals surface area contributed by atoms with Crippen LogP contribution >= 0.6 is 0 Å². The number of hydrogen-bond donors (Lipinski definition) is 1. The van der Waals surface area contributed by atoms with Crippen LogP contribution < -0.4 is 5.32 Å². The van der Waals surface area contributed by atoms with Gasteiger partial charge in [-0.25, -0.2) is 0 Å². The van der Waals surface area contributed by atoms with E-state index in [1.165, 1.54) is 21.9 Å². The van der Waals surface area contributed by atoms with E-state index in [1.807, 2.05) is 17.9 Å². The van der Waals surface area contributed by atoms with Crippen LogP contribution in [-0.2, 0) is 13.5 Å². The van der Waals surface area contributed by atoms with Gasteiger partial charge in [-0.3, -0.25) is 9.67 Å². The van der Waals surface area contributed by atoms with Crippen molar-refractivity contribution in [1.82, 2.24) is 20.0 Å². The number of likely N-dealkylation sites (tertiary alicyclic amines) is 1. The highest BCUT2D eigenvalue weighted by atomic mass is 15.3. The van der Waals surface area contributed by atoms with Gasteiger partial charge in [0.05, 0.1) is 6.20 Å². The number of aliphatic imine (C=N–C) groups is 1. The SMILES string of the molecule is CCNC(=NCCc1cccc2ccccc12)N1CCC(c2cnn(C)c2)C1. The minimum atomic E-state index is 0.538. The molecule has 1 fully saturated rings. The molecule has 3 aromatic rings. The Labute approximate surface area is 167 Å². The maximum atomic E-state index is 4.94. The van der Waals surface area contributed by atoms with Gasteiger partial charge in [0, 0.05) is 45.3 Å². The number of nitrogens with one attached hydrogen (secondary N) is 1. The molecule has 1 atom stereocenters. The van der Waals surface area contributed by atoms with Crippen LogP contribution in [0.2, 0.25) is 0 Å². The molecule has 0 radical (unpaired) electrons. The molecule has 1 unspecified atom stereocenters. The third-order valence-electron chi connectivity index (χ3n) is 5.54. The molecule has 2 heterocycles. The van der Waals surface area contributed by atoms with Crippen molar-refractivity contribution in [2.75, 3.05) is 26.2 Å². The van der Waals surface area contributed by atoms with Crippen LogP contribution in [0.3, 0.4) is 0 Å². The average Bonchev–Trinajstić information content (AvgIpc) is 3.36. The summed E-state index contributed by atoms with van der Waals surface area (Å²) < 4.78 is 1.89. The summed E-state index contributed by atoms with van der Waals surface area (Å²) in [4.78, 5) is 7.33. The van der Waals surface area contributed by atoms with E-state index in [4.69, 9.17) is 4.99 Å². The van der Waals surface area contributed by atoms with Gasteiger partial charge in [0.1, 0.15) is 0 Å². The molecule has 2 aromatic carbocycles. The predicted molar refractivity (Wildman–Crippen MR) is 116 cm³/mol. The zero-order valence-corrected chi connectivity index (χ0v) is 16.8. The molecule has 0 aliphatic carbocycles. The molecule has 0 spiro atoms. The summed E-state index contributed by atoms with van der Waals surface area (Å²) in [5.74, 6) is 1.57. The summed E-state index contributed by atoms with van der Waals surface area (Å²) in [5, 5.41) is 10.4. The molecule has 1 saturated heterocycles. The minimum absolute atomic E-state index is 0.538. The second kappa shape index (κ2) is 8.46. The van der Waals surface area contributed by atoms with Gasteiger partial charge < -0.3 is 10.2 Å². The molecule has 1 aliphatic rings. The number of benzene rings is 2. The number of nitrogens with zero attached hydrogens (tertiary/aromatic N) is 4. The molecule has 0 amide bonds. The summed E-state index contributed by atoms with van der Waals surface area (Å²) in [6.07, 6.45) is 6.24. The van der Waals surface area contributed by atoms with Crippen molar-refractivity contribution in [2.45, 2.75) is 25.7 Å². The molecule has 0 saturated carbocycles. The van der Waals surface area contributed by atoms with Gasteiger partial charge in [-0.1, -0.05) is 42.5 Å². The molecule has 146 valence electrons. The van der Waals surface area contributed by atoms with E-state index in [0.717, 1.165) is 45.0 Å². The summed E-state index contributed by atoms with van der Waals surface area (Å²) >= 11 is 0. The lowest BCUT2D eigenvalue weighted by molar-refractivity contribution is 0.486. The summed E-state index contributed by atoms with van der Waals surface area (Å²) in [7, 11) is 1.98. The Balaban J connectivity index is 1.43. The average molecular weight is 376 g/mol. The van der Waals surface area contributed by atoms with Gasteiger partial charge in [-0.15, -0.1) is 0 Å². The van der Waals surface area contributed by atoms with Crippen LogP contribution in [0.1, 0.15) is 30.4 Å². The minimum Gasteiger partial charge on any atom is -0.357 e. The first-order valence-corrected chi connectivity index (χ1v) is 10.2. The monoisotopic (exact) mass is 375 g/mol. The molecule has 1 aromatic heterocycles. The highest BCUT2D eigenvalue weighted by Crippen LogP contribution is 2.26. The number of fused-ring (bicyclic) bond motifs is 1. The van der Waals surface area contributed by atoms with Crippen LogP contribution in [0.4, 0.5) is 0 Å². The maximum Gasteiger partial charge on any atom is 0.193 e. The lowest BCUT2D eigenvalue weighted by Gasteiger charge is -2.21. The lowest BCUT2D eigenvalue weighted by Crippen LogP contribution is -2.40. The number of hydrogen-bond acceptors (Lipinski definition) is 2. The quantitative estimate of drug-likeness (QED) is 0.548. The third-order valence-corrected chi connectivity index (χ3v) is 5.54. The van der Waals surface area contributed by atoms with E-state index >= 15 is 0 Å². The zero-order chi connectivity index (χ0) is 19.3. The van der Waals surface area contributed by atoms with Crippen LogP contribution in [0.5, 0.6) is 0 Å². The molecule has 28 heavy (non-hydrogen) atoms. The van der Waals surface area contributed by atoms with E-state index in [-0.39, 0.29) is 0 Å². The third kappa shape index (κ3) is 4.03. The van der Waals surface area contributed by atoms with Crippen molar-refractivity contribution in [3.8, 4) is 0 Å². The maximum absolute atomic E-state index is 4.94. The highest BCUT2D eigenvalue weighted by Gasteiger charge is 2.26. The van der Waals surface area contributed by atoms with E-state index in [1.54, 1.807) is 0 Å². The molecule has 1 aliphatic heterocycles. The molecule has 1 N–H and O–H groups in total. The Kier molecular flexibility index (Phi) is 5.60. The Hall–Kier alpha value is -2.82. The first-order chi connectivity index (χ1) is 13.7. The van der Waals surface area contributed by atoms with Gasteiger partial charge in [0.2, 0.25) is 0 Å². The van der Waals surface area contributed by atoms with Crippen molar-refractivity contribution >= 4 is 16.7 Å². The topological polar surface area (TPSA) is 45.5 Å². The predicted octanol–water partition coefficient (Wildman–Crippen LogP) is 3.57. The molecule has 5 heteroatoms. The first-order valence-electron chi connectivity index (χ1n) is 10.2. The largest absolute Gasteiger partial charge is 0.357 e. The van der Waals surface area contributed by atoms with E-state index in [2.05, 4.69) is 70.9 Å². The summed E-state index contributed by atoms with van der Waals surface area (Å²) in [6, 6.07) is 15.1. The van der Waals surface area contributed by atoms with Gasteiger partial charge in [-0.2, -0.15) is 5.10 Å². The van der Waals surface area contributed by atoms with Gasteiger partial charge >= 0.3 is 0 Å². The van der Waals surface area contributed by atoms with Crippen molar-refractivity contribution in [3.63, 3.8) is 0 Å². The van der Waals surface area contributed by atoms with Crippen LogP contribution in [-0.4, -0.2) is 46.8 Å². The summed E-state index contributed by atoms with van der Waals surface area (Å²) in [5.41, 5.74) is 2.70. The zero-order valence-electron chi connectivity index (χ0n) is 16.8. The number of aromatic nitrogens is 2. The van der Waals surface area contributed by atoms with Gasteiger partial charge in [0.25, 0.3) is 0 Å². The second-order valence-corrected chi connectivity index (χ2v) is 7.50. The van der Waals surface area contributed by atoms with Crippen LogP contribution in [0, 0.1) is 0 Å². The van der Waals surface area contributed by atoms with Crippen LogP contribution in [0.25, 0.3) is 10.8 Å². The Morgan fingerprint density at radius 3 is 2.89 bits per heavy atom. The molecule has 0 bridgehead atoms. The lowest BCUT2D eigenvalue weighted by atomic mass is 10.0. The van der Waals surface area contributed by atoms with E-state index in [0.29, 0.717) is 5.92 Å². The van der Waals surface area contributed by atoms with Crippen molar-refractivity contribution in [1.29, 1.82) is 0 Å². The fourth-order valence-corrected chi connectivity index (χ4v) is 4.09. The smallest absolute Gasteiger partial charge is 0.193 e. The number of rotatable bonds is 5. The summed E-state index contributed by atoms with van der Waals surface area (Å²) in [6.45, 7) is 5.87. The number of aryl methyl sites for hydroxylation is 1. The second-order valence-electron chi connectivity index (χ2n) is 7.50. The van der Waals surface area contributed by atoms with Gasteiger partial charge in [0.15, 0.2) is 5.96 Å². The Morgan fingerprint density at radius 1 is 1.21 bits per heavy atom. The standard InChI is InChI=1S/C23H29N5/c1-3-24-23(28-14-12-20(17-28)21-15-26-27(2)16-21)25-13-11-19-9-6-8-18-7-4-5-10-22(18)19/h4-10,15-16,20H,3,11-14,17H2,1-2H3,(H,24,25). The fourth-order valence-electron chi connectivity index (χ4n) is 4.09. The first kappa shape index (κ1) is 18.5. The van der Waals surface area contributed by atoms with Crippen molar-refractivity contribution in [3.05, 3.63) is 66.0 Å². The van der Waals surface area contributed by atoms with E-state index < -0.39 is 0 Å². The van der Waals surface area contributed by atoms with Crippen molar-refractivity contribution < 1.29 is 0 Å².